The molecule has 5 rings (SSSR count). The Morgan fingerprint density at radius 3 is 2.51 bits per heavy atom. The van der Waals surface area contributed by atoms with Crippen LogP contribution in [-0.2, 0) is 20.4 Å². The molecule has 1 fully saturated rings. The minimum absolute atomic E-state index is 0.113. The van der Waals surface area contributed by atoms with Crippen molar-refractivity contribution in [1.82, 2.24) is 29.8 Å². The highest BCUT2D eigenvalue weighted by Crippen LogP contribution is 2.44. The molecule has 41 heavy (non-hydrogen) atoms. The summed E-state index contributed by atoms with van der Waals surface area (Å²) in [6.45, 7) is 1.49. The molecule has 0 spiro atoms. The van der Waals surface area contributed by atoms with Crippen LogP contribution >= 0.6 is 34.5 Å². The van der Waals surface area contributed by atoms with Crippen LogP contribution in [0, 0.1) is 5.82 Å². The number of hydrogen-bond acceptors (Lipinski definition) is 9. The fourth-order valence-electron chi connectivity index (χ4n) is 4.91. The first-order valence-electron chi connectivity index (χ1n) is 12.0. The van der Waals surface area contributed by atoms with Crippen molar-refractivity contribution in [1.29, 1.82) is 0 Å². The van der Waals surface area contributed by atoms with E-state index in [1.165, 1.54) is 49.4 Å². The van der Waals surface area contributed by atoms with Crippen LogP contribution < -0.4 is 0 Å². The van der Waals surface area contributed by atoms with E-state index in [2.05, 4.69) is 20.4 Å². The number of benzene rings is 1. The highest BCUT2D eigenvalue weighted by molar-refractivity contribution is 7.13. The van der Waals surface area contributed by atoms with Crippen LogP contribution in [0.5, 0.6) is 0 Å². The van der Waals surface area contributed by atoms with Crippen LogP contribution in [0.4, 0.5) is 17.6 Å². The van der Waals surface area contributed by atoms with Crippen LogP contribution in [0.3, 0.4) is 0 Å². The molecule has 6 atom stereocenters. The maximum Gasteiger partial charge on any atom is 0.418 e. The first-order valence-corrected chi connectivity index (χ1v) is 13.6. The zero-order valence-electron chi connectivity index (χ0n) is 21.5. The van der Waals surface area contributed by atoms with Crippen LogP contribution in [0.15, 0.2) is 36.0 Å². The number of thiazole rings is 1. The standard InChI is InChI=1S/C24H22Cl2F4N6O4S/c1-10(37)19-21(38-2)18(35-8-14(33-34-35)23-32-17(26)9-41-23)22(39-3)20(40-19)15-4-5-31-36(15)16-7-12(25)13(27)6-11(16)24(28,29)30/h4-10,18-22,37H,1-3H3/t10?,18?,19?,20-,21+,22?/m0/s1. The largest absolute Gasteiger partial charge is 0.418 e. The summed E-state index contributed by atoms with van der Waals surface area (Å²) in [5.74, 6) is -1.24. The molecule has 0 radical (unpaired) electrons. The monoisotopic (exact) mass is 636 g/mol. The lowest BCUT2D eigenvalue weighted by Gasteiger charge is -2.46. The van der Waals surface area contributed by atoms with Gasteiger partial charge < -0.3 is 19.3 Å². The molecule has 3 aromatic heterocycles. The topological polar surface area (TPSA) is 109 Å². The lowest BCUT2D eigenvalue weighted by molar-refractivity contribution is -0.235. The van der Waals surface area contributed by atoms with Crippen molar-refractivity contribution in [2.24, 2.45) is 0 Å². The molecule has 1 aliphatic heterocycles. The third-order valence-electron chi connectivity index (χ3n) is 6.67. The molecule has 1 aromatic carbocycles. The molecule has 0 saturated carbocycles. The average Bonchev–Trinajstić information content (AvgIpc) is 3.68. The van der Waals surface area contributed by atoms with Crippen LogP contribution in [0.2, 0.25) is 10.2 Å². The summed E-state index contributed by atoms with van der Waals surface area (Å²) < 4.78 is 76.3. The summed E-state index contributed by atoms with van der Waals surface area (Å²) in [6.07, 6.45) is -7.07. The van der Waals surface area contributed by atoms with Crippen molar-refractivity contribution in [3.8, 4) is 16.4 Å². The average molecular weight is 637 g/mol. The second-order valence-electron chi connectivity index (χ2n) is 9.16. The fraction of sp³-hybridized carbons (Fsp3) is 0.417. The first kappa shape index (κ1) is 29.8. The Kier molecular flexibility index (Phi) is 8.40. The van der Waals surface area contributed by atoms with Gasteiger partial charge in [0.1, 0.15) is 52.1 Å². The molecule has 4 unspecified atom stereocenters. The molecule has 4 heterocycles. The van der Waals surface area contributed by atoms with Gasteiger partial charge >= 0.3 is 6.18 Å². The SMILES string of the molecule is COC1C(n2cc(-c3nc(Cl)cs3)nn2)[C@@H](OC)C(C(C)O)O[C@H]1c1ccnn1-c1cc(Cl)c(F)cc1C(F)(F)F. The number of alkyl halides is 3. The van der Waals surface area contributed by atoms with E-state index < -0.39 is 64.8 Å². The summed E-state index contributed by atoms with van der Waals surface area (Å²) in [4.78, 5) is 4.20. The molecule has 4 aromatic rings. The van der Waals surface area contributed by atoms with Crippen molar-refractivity contribution < 1.29 is 36.9 Å². The van der Waals surface area contributed by atoms with Crippen LogP contribution in [0.1, 0.15) is 30.3 Å². The van der Waals surface area contributed by atoms with Gasteiger partial charge in [0.25, 0.3) is 0 Å². The lowest BCUT2D eigenvalue weighted by atomic mass is 9.88. The number of rotatable bonds is 7. The van der Waals surface area contributed by atoms with Crippen molar-refractivity contribution >= 4 is 34.5 Å². The third kappa shape index (κ3) is 5.59. The molecular weight excluding hydrogens is 615 g/mol. The molecular formula is C24H22Cl2F4N6O4S. The summed E-state index contributed by atoms with van der Waals surface area (Å²) in [7, 11) is 2.81. The van der Waals surface area contributed by atoms with Gasteiger partial charge in [-0.1, -0.05) is 28.4 Å². The first-order chi connectivity index (χ1) is 19.4. The number of aliphatic hydroxyl groups is 1. The predicted molar refractivity (Wildman–Crippen MR) is 140 cm³/mol. The van der Waals surface area contributed by atoms with E-state index in [9.17, 15) is 22.7 Å². The highest BCUT2D eigenvalue weighted by atomic mass is 35.5. The van der Waals surface area contributed by atoms with E-state index in [-0.39, 0.29) is 10.8 Å². The van der Waals surface area contributed by atoms with Gasteiger partial charge in [-0.25, -0.2) is 18.7 Å². The predicted octanol–water partition coefficient (Wildman–Crippen LogP) is 5.14. The van der Waals surface area contributed by atoms with Gasteiger partial charge in [0.2, 0.25) is 0 Å². The van der Waals surface area contributed by atoms with Crippen molar-refractivity contribution in [3.63, 3.8) is 0 Å². The number of methoxy groups -OCH3 is 2. The number of halogens is 6. The Morgan fingerprint density at radius 1 is 1.17 bits per heavy atom. The Morgan fingerprint density at radius 2 is 1.90 bits per heavy atom. The van der Waals surface area contributed by atoms with E-state index in [1.54, 1.807) is 11.6 Å². The minimum atomic E-state index is -4.93. The summed E-state index contributed by atoms with van der Waals surface area (Å²) >= 11 is 13.1. The third-order valence-corrected chi connectivity index (χ3v) is 8.14. The normalized spacial score (nSPS) is 24.1. The Balaban J connectivity index is 1.63. The van der Waals surface area contributed by atoms with E-state index in [0.717, 1.165) is 10.7 Å². The van der Waals surface area contributed by atoms with Crippen LogP contribution in [-0.4, -0.2) is 73.5 Å². The second-order valence-corrected chi connectivity index (χ2v) is 10.8. The number of hydrogen-bond donors (Lipinski definition) is 1. The lowest BCUT2D eigenvalue weighted by Crippen LogP contribution is -2.56. The van der Waals surface area contributed by atoms with Gasteiger partial charge in [0.05, 0.1) is 34.3 Å². The zero-order chi connectivity index (χ0) is 29.6. The van der Waals surface area contributed by atoms with Gasteiger partial charge in [-0.15, -0.1) is 16.4 Å². The quantitative estimate of drug-likeness (QED) is 0.278. The molecule has 0 aliphatic carbocycles. The zero-order valence-corrected chi connectivity index (χ0v) is 23.8. The molecule has 220 valence electrons. The van der Waals surface area contributed by atoms with Gasteiger partial charge in [-0.05, 0) is 25.1 Å². The smallest absolute Gasteiger partial charge is 0.391 e. The molecule has 0 bridgehead atoms. The Bertz CT molecular complexity index is 1530. The molecule has 17 heteroatoms. The van der Waals surface area contributed by atoms with Gasteiger partial charge in [0.15, 0.2) is 0 Å². The second kappa shape index (κ2) is 11.6. The Hall–Kier alpha value is -2.66. The van der Waals surface area contributed by atoms with Crippen molar-refractivity contribution in [2.45, 2.75) is 49.7 Å². The molecule has 1 N–H and O–H groups in total. The number of aliphatic hydroxyl groups excluding tert-OH is 1. The minimum Gasteiger partial charge on any atom is -0.391 e. The fourth-order valence-corrected chi connectivity index (χ4v) is 5.96. The summed E-state index contributed by atoms with van der Waals surface area (Å²) in [5.41, 5.74) is -1.30. The van der Waals surface area contributed by atoms with Crippen molar-refractivity contribution in [2.75, 3.05) is 14.2 Å². The van der Waals surface area contributed by atoms with Crippen LogP contribution in [0.25, 0.3) is 16.4 Å². The molecule has 10 nitrogen and oxygen atoms in total. The van der Waals surface area contributed by atoms with E-state index in [4.69, 9.17) is 37.4 Å². The Labute approximate surface area is 244 Å². The van der Waals surface area contributed by atoms with Gasteiger partial charge in [-0.2, -0.15) is 18.3 Å². The number of nitrogens with zero attached hydrogens (tertiary/aromatic N) is 6. The summed E-state index contributed by atoms with van der Waals surface area (Å²) in [5, 5.41) is 25.1. The van der Waals surface area contributed by atoms with Crippen molar-refractivity contribution in [3.05, 3.63) is 63.2 Å². The molecule has 0 amide bonds. The van der Waals surface area contributed by atoms with E-state index in [1.807, 2.05) is 0 Å². The summed E-state index contributed by atoms with van der Waals surface area (Å²) in [6, 6.07) is 1.78. The van der Waals surface area contributed by atoms with Gasteiger partial charge in [0, 0.05) is 25.8 Å². The number of aromatic nitrogens is 6. The molecule has 1 aliphatic rings. The number of ether oxygens (including phenoxy) is 3. The van der Waals surface area contributed by atoms with Gasteiger partial charge in [-0.3, -0.25) is 0 Å². The maximum atomic E-state index is 14.1. The highest BCUT2D eigenvalue weighted by Gasteiger charge is 2.51. The molecule has 1 saturated heterocycles. The van der Waals surface area contributed by atoms with E-state index >= 15 is 0 Å². The van der Waals surface area contributed by atoms with E-state index in [0.29, 0.717) is 16.8 Å². The maximum absolute atomic E-state index is 14.1.